The summed E-state index contributed by atoms with van der Waals surface area (Å²) in [6.07, 6.45) is 2.00. The molecule has 0 saturated heterocycles. The van der Waals surface area contributed by atoms with Crippen molar-refractivity contribution in [1.29, 1.82) is 0 Å². The summed E-state index contributed by atoms with van der Waals surface area (Å²) in [4.78, 5) is 21.3. The number of anilines is 1. The van der Waals surface area contributed by atoms with E-state index >= 15 is 0 Å². The lowest BCUT2D eigenvalue weighted by Crippen LogP contribution is -2.15. The van der Waals surface area contributed by atoms with Crippen molar-refractivity contribution in [3.63, 3.8) is 0 Å². The lowest BCUT2D eigenvalue weighted by Gasteiger charge is -2.16. The number of sulfonamides is 1. The molecule has 0 aliphatic carbocycles. The Balaban J connectivity index is 2.55. The molecule has 0 fully saturated rings. The number of hydrogen-bond donors (Lipinski definition) is 4. The third kappa shape index (κ3) is 4.96. The Bertz CT molecular complexity index is 1090. The second kappa shape index (κ2) is 8.52. The SMILES string of the molecule is COc1cc(/C=C/C(=O)O)cc(S(=O)(=O)Nc2ccc(C(=O)O)c(O)c2)c1OC. The van der Waals surface area contributed by atoms with Gasteiger partial charge in [-0.2, -0.15) is 0 Å². The molecular weight excluding hydrogens is 406 g/mol. The molecule has 4 N–H and O–H groups in total. The Morgan fingerprint density at radius 3 is 2.28 bits per heavy atom. The van der Waals surface area contributed by atoms with E-state index in [0.717, 1.165) is 18.2 Å². The van der Waals surface area contributed by atoms with E-state index in [9.17, 15) is 23.1 Å². The molecule has 0 aliphatic rings. The molecule has 0 unspecified atom stereocenters. The largest absolute Gasteiger partial charge is 0.507 e. The topological polar surface area (TPSA) is 159 Å². The Labute approximate surface area is 165 Å². The van der Waals surface area contributed by atoms with Crippen molar-refractivity contribution in [1.82, 2.24) is 0 Å². The number of carbonyl (C=O) groups is 2. The van der Waals surface area contributed by atoms with Crippen molar-refractivity contribution in [3.05, 3.63) is 47.5 Å². The molecule has 2 rings (SSSR count). The predicted molar refractivity (Wildman–Crippen MR) is 102 cm³/mol. The van der Waals surface area contributed by atoms with Crippen LogP contribution >= 0.6 is 0 Å². The van der Waals surface area contributed by atoms with Gasteiger partial charge in [0.25, 0.3) is 10.0 Å². The molecule has 0 aromatic heterocycles. The summed E-state index contributed by atoms with van der Waals surface area (Å²) in [5.41, 5.74) is -0.275. The second-order valence-electron chi connectivity index (χ2n) is 5.57. The molecule has 0 saturated carbocycles. The third-order valence-electron chi connectivity index (χ3n) is 3.66. The van der Waals surface area contributed by atoms with Crippen molar-refractivity contribution < 1.29 is 42.8 Å². The molecule has 0 aliphatic heterocycles. The highest BCUT2D eigenvalue weighted by Gasteiger charge is 2.24. The average molecular weight is 423 g/mol. The van der Waals surface area contributed by atoms with Gasteiger partial charge in [-0.05, 0) is 35.9 Å². The van der Waals surface area contributed by atoms with Crippen molar-refractivity contribution in [2.24, 2.45) is 0 Å². The summed E-state index contributed by atoms with van der Waals surface area (Å²) in [5.74, 6) is -3.30. The van der Waals surface area contributed by atoms with Crippen LogP contribution in [0.2, 0.25) is 0 Å². The zero-order chi connectivity index (χ0) is 21.8. The quantitative estimate of drug-likeness (QED) is 0.466. The number of methoxy groups -OCH3 is 2. The molecule has 11 heteroatoms. The first-order valence-corrected chi connectivity index (χ1v) is 9.33. The van der Waals surface area contributed by atoms with Crippen LogP contribution in [-0.4, -0.2) is 49.9 Å². The molecule has 0 bridgehead atoms. The van der Waals surface area contributed by atoms with Crippen molar-refractivity contribution >= 4 is 33.7 Å². The monoisotopic (exact) mass is 423 g/mol. The van der Waals surface area contributed by atoms with Crippen LogP contribution < -0.4 is 14.2 Å². The zero-order valence-electron chi connectivity index (χ0n) is 15.2. The molecule has 0 radical (unpaired) electrons. The smallest absolute Gasteiger partial charge is 0.339 e. The van der Waals surface area contributed by atoms with Gasteiger partial charge in [-0.3, -0.25) is 4.72 Å². The summed E-state index contributed by atoms with van der Waals surface area (Å²) < 4.78 is 38.2. The Morgan fingerprint density at radius 1 is 1.07 bits per heavy atom. The van der Waals surface area contributed by atoms with Crippen LogP contribution in [0.5, 0.6) is 17.2 Å². The van der Waals surface area contributed by atoms with Crippen LogP contribution in [0.3, 0.4) is 0 Å². The highest BCUT2D eigenvalue weighted by atomic mass is 32.2. The van der Waals surface area contributed by atoms with E-state index in [1.807, 2.05) is 0 Å². The van der Waals surface area contributed by atoms with E-state index in [1.54, 1.807) is 0 Å². The molecular formula is C18H17NO9S. The molecule has 0 atom stereocenters. The standard InChI is InChI=1S/C18H17NO9S/c1-27-14-7-10(3-6-16(21)22)8-15(17(14)28-2)29(25,26)19-11-4-5-12(18(23)24)13(20)9-11/h3-9,19-20H,1-2H3,(H,21,22)(H,23,24)/b6-3+. The molecule has 0 amide bonds. The van der Waals surface area contributed by atoms with Crippen LogP contribution in [0.15, 0.2) is 41.3 Å². The van der Waals surface area contributed by atoms with Gasteiger partial charge in [0.2, 0.25) is 0 Å². The maximum absolute atomic E-state index is 12.9. The number of carboxylic acids is 2. The highest BCUT2D eigenvalue weighted by Crippen LogP contribution is 2.37. The number of ether oxygens (including phenoxy) is 2. The van der Waals surface area contributed by atoms with Gasteiger partial charge < -0.3 is 24.8 Å². The summed E-state index contributed by atoms with van der Waals surface area (Å²) in [5, 5.41) is 27.5. The number of rotatable bonds is 8. The fourth-order valence-electron chi connectivity index (χ4n) is 2.40. The van der Waals surface area contributed by atoms with Crippen LogP contribution in [0, 0.1) is 0 Å². The van der Waals surface area contributed by atoms with E-state index in [2.05, 4.69) is 4.72 Å². The minimum absolute atomic E-state index is 0.0458. The number of aliphatic carboxylic acids is 1. The number of hydrogen-bond acceptors (Lipinski definition) is 7. The number of aromatic hydroxyl groups is 1. The Kier molecular flexibility index (Phi) is 6.34. The van der Waals surface area contributed by atoms with Gasteiger partial charge in [0.05, 0.1) is 19.9 Å². The van der Waals surface area contributed by atoms with E-state index in [0.29, 0.717) is 0 Å². The number of benzene rings is 2. The van der Waals surface area contributed by atoms with Crippen molar-refractivity contribution in [2.45, 2.75) is 4.90 Å². The highest BCUT2D eigenvalue weighted by molar-refractivity contribution is 7.92. The number of carboxylic acid groups (broad SMARTS) is 2. The molecule has 0 heterocycles. The lowest BCUT2D eigenvalue weighted by molar-refractivity contribution is -0.131. The minimum atomic E-state index is -4.29. The van der Waals surface area contributed by atoms with Gasteiger partial charge in [0.1, 0.15) is 16.2 Å². The number of aromatic carboxylic acids is 1. The first-order valence-electron chi connectivity index (χ1n) is 7.85. The molecule has 0 spiro atoms. The predicted octanol–water partition coefficient (Wildman–Crippen LogP) is 2.01. The van der Waals surface area contributed by atoms with Gasteiger partial charge in [-0.1, -0.05) is 0 Å². The zero-order valence-corrected chi connectivity index (χ0v) is 16.1. The van der Waals surface area contributed by atoms with Gasteiger partial charge in [-0.15, -0.1) is 0 Å². The summed E-state index contributed by atoms with van der Waals surface area (Å²) >= 11 is 0. The maximum atomic E-state index is 12.9. The van der Waals surface area contributed by atoms with Gasteiger partial charge >= 0.3 is 11.9 Å². The normalized spacial score (nSPS) is 11.2. The Morgan fingerprint density at radius 2 is 1.76 bits per heavy atom. The minimum Gasteiger partial charge on any atom is -0.507 e. The first-order chi connectivity index (χ1) is 13.6. The van der Waals surface area contributed by atoms with Crippen LogP contribution in [0.4, 0.5) is 5.69 Å². The third-order valence-corrected chi connectivity index (χ3v) is 5.04. The molecule has 2 aromatic rings. The molecule has 10 nitrogen and oxygen atoms in total. The maximum Gasteiger partial charge on any atom is 0.339 e. The number of phenols is 1. The second-order valence-corrected chi connectivity index (χ2v) is 7.22. The van der Waals surface area contributed by atoms with Crippen molar-refractivity contribution in [3.8, 4) is 17.2 Å². The molecule has 154 valence electrons. The fraction of sp³-hybridized carbons (Fsp3) is 0.111. The summed E-state index contributed by atoms with van der Waals surface area (Å²) in [7, 11) is -1.77. The van der Waals surface area contributed by atoms with Gasteiger partial charge in [-0.25, -0.2) is 18.0 Å². The van der Waals surface area contributed by atoms with Gasteiger partial charge in [0.15, 0.2) is 11.5 Å². The molecule has 2 aromatic carbocycles. The number of nitrogens with one attached hydrogen (secondary N) is 1. The van der Waals surface area contributed by atoms with Crippen LogP contribution in [0.25, 0.3) is 6.08 Å². The average Bonchev–Trinajstić information content (AvgIpc) is 2.64. The van der Waals surface area contributed by atoms with Crippen LogP contribution in [-0.2, 0) is 14.8 Å². The fourth-order valence-corrected chi connectivity index (χ4v) is 3.67. The first kappa shape index (κ1) is 21.6. The van der Waals surface area contributed by atoms with Crippen molar-refractivity contribution in [2.75, 3.05) is 18.9 Å². The summed E-state index contributed by atoms with van der Waals surface area (Å²) in [6, 6.07) is 5.72. The summed E-state index contributed by atoms with van der Waals surface area (Å²) in [6.45, 7) is 0. The van der Waals surface area contributed by atoms with Crippen LogP contribution in [0.1, 0.15) is 15.9 Å². The van der Waals surface area contributed by atoms with Gasteiger partial charge in [0, 0.05) is 12.1 Å². The van der Waals surface area contributed by atoms with E-state index in [-0.39, 0.29) is 27.6 Å². The van der Waals surface area contributed by atoms with E-state index < -0.39 is 33.3 Å². The van der Waals surface area contributed by atoms with E-state index in [4.69, 9.17) is 19.7 Å². The molecule has 29 heavy (non-hydrogen) atoms. The lowest BCUT2D eigenvalue weighted by atomic mass is 10.2. The van der Waals surface area contributed by atoms with E-state index in [1.165, 1.54) is 38.5 Å². The Hall–Kier alpha value is -3.73.